The molecule has 3 aliphatic heterocycles. The molecule has 2 fully saturated rings. The molecular formula is C18H24N6O3. The van der Waals surface area contributed by atoms with Crippen molar-refractivity contribution in [1.29, 1.82) is 0 Å². The van der Waals surface area contributed by atoms with Crippen molar-refractivity contribution < 1.29 is 14.4 Å². The summed E-state index contributed by atoms with van der Waals surface area (Å²) in [6, 6.07) is 3.16. The molecule has 1 aromatic rings. The normalized spacial score (nSPS) is 23.3. The topological polar surface area (TPSA) is 107 Å². The first-order valence-electron chi connectivity index (χ1n) is 9.43. The van der Waals surface area contributed by atoms with Crippen LogP contribution >= 0.6 is 0 Å². The smallest absolute Gasteiger partial charge is 0.273 e. The molecule has 3 amide bonds. The van der Waals surface area contributed by atoms with Gasteiger partial charge in [-0.25, -0.2) is 4.98 Å². The van der Waals surface area contributed by atoms with Crippen LogP contribution in [0, 0.1) is 0 Å². The molecule has 0 spiro atoms. The molecule has 4 heterocycles. The van der Waals surface area contributed by atoms with Gasteiger partial charge in [-0.05, 0) is 12.5 Å². The van der Waals surface area contributed by atoms with Crippen molar-refractivity contribution in [2.45, 2.75) is 25.4 Å². The van der Waals surface area contributed by atoms with E-state index in [1.165, 1.54) is 4.90 Å². The van der Waals surface area contributed by atoms with E-state index in [1.807, 2.05) is 12.1 Å². The molecule has 0 radical (unpaired) electrons. The number of piperazine rings is 1. The minimum Gasteiger partial charge on any atom is -0.369 e. The first kappa shape index (κ1) is 17.9. The Bertz CT molecular complexity index is 761. The molecular weight excluding hydrogens is 348 g/mol. The van der Waals surface area contributed by atoms with Gasteiger partial charge in [0.15, 0.2) is 0 Å². The van der Waals surface area contributed by atoms with E-state index in [4.69, 9.17) is 0 Å². The Balaban J connectivity index is 1.37. The minimum atomic E-state index is -0.603. The molecule has 1 unspecified atom stereocenters. The van der Waals surface area contributed by atoms with Crippen molar-refractivity contribution in [1.82, 2.24) is 25.4 Å². The van der Waals surface area contributed by atoms with E-state index in [9.17, 15) is 14.4 Å². The summed E-state index contributed by atoms with van der Waals surface area (Å²) in [5.41, 5.74) is 1.21. The van der Waals surface area contributed by atoms with Crippen LogP contribution < -0.4 is 16.0 Å². The lowest BCUT2D eigenvalue weighted by Crippen LogP contribution is -2.52. The highest BCUT2D eigenvalue weighted by Gasteiger charge is 2.39. The zero-order valence-electron chi connectivity index (χ0n) is 15.2. The number of nitrogens with zero attached hydrogens (tertiary/aromatic N) is 3. The highest BCUT2D eigenvalue weighted by Crippen LogP contribution is 2.27. The average Bonchev–Trinajstić information content (AvgIpc) is 2.99. The molecule has 0 bridgehead atoms. The van der Waals surface area contributed by atoms with Gasteiger partial charge in [0, 0.05) is 57.8 Å². The lowest BCUT2D eigenvalue weighted by atomic mass is 10.0. The van der Waals surface area contributed by atoms with Gasteiger partial charge in [0.05, 0.1) is 0 Å². The third-order valence-electron chi connectivity index (χ3n) is 5.31. The predicted molar refractivity (Wildman–Crippen MR) is 98.1 cm³/mol. The van der Waals surface area contributed by atoms with Crippen LogP contribution in [0.4, 0.5) is 5.82 Å². The fourth-order valence-corrected chi connectivity index (χ4v) is 3.80. The Morgan fingerprint density at radius 2 is 2.00 bits per heavy atom. The van der Waals surface area contributed by atoms with Gasteiger partial charge in [-0.1, -0.05) is 6.07 Å². The number of anilines is 1. The van der Waals surface area contributed by atoms with Crippen LogP contribution in [0.25, 0.3) is 0 Å². The van der Waals surface area contributed by atoms with Gasteiger partial charge in [0.1, 0.15) is 17.6 Å². The first-order chi connectivity index (χ1) is 13.1. The number of amides is 3. The summed E-state index contributed by atoms with van der Waals surface area (Å²) >= 11 is 0. The van der Waals surface area contributed by atoms with Crippen molar-refractivity contribution in [2.24, 2.45) is 0 Å². The van der Waals surface area contributed by atoms with Crippen LogP contribution in [-0.4, -0.2) is 77.8 Å². The van der Waals surface area contributed by atoms with Crippen molar-refractivity contribution >= 4 is 23.5 Å². The van der Waals surface area contributed by atoms with E-state index in [2.05, 4.69) is 25.8 Å². The molecule has 1 aromatic heterocycles. The summed E-state index contributed by atoms with van der Waals surface area (Å²) < 4.78 is 0. The molecule has 3 N–H and O–H groups in total. The quantitative estimate of drug-likeness (QED) is 0.579. The summed E-state index contributed by atoms with van der Waals surface area (Å²) in [5.74, 6) is -0.260. The summed E-state index contributed by atoms with van der Waals surface area (Å²) in [7, 11) is 0. The van der Waals surface area contributed by atoms with Gasteiger partial charge in [-0.2, -0.15) is 0 Å². The lowest BCUT2D eigenvalue weighted by Gasteiger charge is -2.29. The van der Waals surface area contributed by atoms with Gasteiger partial charge >= 0.3 is 0 Å². The Hall–Kier alpha value is -2.52. The Kier molecular flexibility index (Phi) is 5.04. The monoisotopic (exact) mass is 372 g/mol. The van der Waals surface area contributed by atoms with Crippen LogP contribution in [0.15, 0.2) is 12.1 Å². The van der Waals surface area contributed by atoms with E-state index in [0.717, 1.165) is 44.8 Å². The van der Waals surface area contributed by atoms with Crippen LogP contribution in [0.1, 0.15) is 28.9 Å². The summed E-state index contributed by atoms with van der Waals surface area (Å²) in [5, 5.41) is 8.92. The first-order valence-corrected chi connectivity index (χ1v) is 9.43. The number of rotatable bonds is 5. The number of hydrogen-bond donors (Lipinski definition) is 3. The third-order valence-corrected chi connectivity index (χ3v) is 5.31. The Morgan fingerprint density at radius 1 is 1.19 bits per heavy atom. The van der Waals surface area contributed by atoms with E-state index in [1.54, 1.807) is 0 Å². The minimum absolute atomic E-state index is 0.245. The molecule has 0 saturated carbocycles. The number of aromatic nitrogens is 1. The second kappa shape index (κ2) is 7.61. The van der Waals surface area contributed by atoms with E-state index in [0.29, 0.717) is 24.5 Å². The van der Waals surface area contributed by atoms with Crippen LogP contribution in [0.5, 0.6) is 0 Å². The summed E-state index contributed by atoms with van der Waals surface area (Å²) in [6.45, 7) is 6.16. The maximum absolute atomic E-state index is 12.8. The summed E-state index contributed by atoms with van der Waals surface area (Å²) in [4.78, 5) is 44.5. The SMILES string of the molecule is O=C1CCC(N2Cc3ccc(NCCN4CCNCC4)nc3C2=O)C(=O)N1. The molecule has 0 aromatic carbocycles. The van der Waals surface area contributed by atoms with Crippen LogP contribution in [-0.2, 0) is 16.1 Å². The predicted octanol–water partition coefficient (Wildman–Crippen LogP) is -0.840. The van der Waals surface area contributed by atoms with Crippen molar-refractivity contribution in [3.05, 3.63) is 23.4 Å². The maximum atomic E-state index is 12.8. The molecule has 0 aliphatic carbocycles. The Morgan fingerprint density at radius 3 is 2.78 bits per heavy atom. The third kappa shape index (κ3) is 3.79. The van der Waals surface area contributed by atoms with Gasteiger partial charge in [-0.3, -0.25) is 24.6 Å². The van der Waals surface area contributed by atoms with Crippen LogP contribution in [0.2, 0.25) is 0 Å². The molecule has 9 nitrogen and oxygen atoms in total. The second-order valence-electron chi connectivity index (χ2n) is 7.12. The largest absolute Gasteiger partial charge is 0.369 e. The van der Waals surface area contributed by atoms with Crippen molar-refractivity contribution in [3.8, 4) is 0 Å². The molecule has 9 heteroatoms. The summed E-state index contributed by atoms with van der Waals surface area (Å²) in [6.07, 6.45) is 0.614. The van der Waals surface area contributed by atoms with Crippen molar-refractivity contribution in [3.63, 3.8) is 0 Å². The number of piperidine rings is 1. The fraction of sp³-hybridized carbons (Fsp3) is 0.556. The highest BCUT2D eigenvalue weighted by atomic mass is 16.2. The van der Waals surface area contributed by atoms with Gasteiger partial charge < -0.3 is 15.5 Å². The fourth-order valence-electron chi connectivity index (χ4n) is 3.80. The molecule has 4 rings (SSSR count). The van der Waals surface area contributed by atoms with Gasteiger partial charge in [0.25, 0.3) is 5.91 Å². The molecule has 27 heavy (non-hydrogen) atoms. The highest BCUT2D eigenvalue weighted by molar-refractivity contribution is 6.04. The van der Waals surface area contributed by atoms with Crippen LogP contribution in [0.3, 0.4) is 0 Å². The average molecular weight is 372 g/mol. The lowest BCUT2D eigenvalue weighted by molar-refractivity contribution is -0.136. The van der Waals surface area contributed by atoms with E-state index < -0.39 is 11.9 Å². The number of nitrogens with one attached hydrogen (secondary N) is 3. The molecule has 2 saturated heterocycles. The number of carbonyl (C=O) groups excluding carboxylic acids is 3. The zero-order valence-corrected chi connectivity index (χ0v) is 15.2. The number of fused-ring (bicyclic) bond motifs is 1. The van der Waals surface area contributed by atoms with E-state index >= 15 is 0 Å². The van der Waals surface area contributed by atoms with E-state index in [-0.39, 0.29) is 18.2 Å². The number of carbonyl (C=O) groups is 3. The maximum Gasteiger partial charge on any atom is 0.273 e. The number of pyridine rings is 1. The van der Waals surface area contributed by atoms with Gasteiger partial charge in [0.2, 0.25) is 11.8 Å². The number of imide groups is 1. The molecule has 1 atom stereocenters. The standard InChI is InChI=1S/C18H24N6O3/c25-15-4-2-13(17(26)22-15)24-11-12-1-3-14(21-16(12)18(24)27)20-7-10-23-8-5-19-6-9-23/h1,3,13,19H,2,4-11H2,(H,20,21)(H,22,25,26). The molecule has 144 valence electrons. The second-order valence-corrected chi connectivity index (χ2v) is 7.12. The zero-order chi connectivity index (χ0) is 18.8. The Labute approximate surface area is 157 Å². The van der Waals surface area contributed by atoms with Gasteiger partial charge in [-0.15, -0.1) is 0 Å². The number of hydrogen-bond acceptors (Lipinski definition) is 7. The van der Waals surface area contributed by atoms with Crippen molar-refractivity contribution in [2.75, 3.05) is 44.6 Å². The molecule has 3 aliphatic rings.